The smallest absolute Gasteiger partial charge is 0.330 e. The fourth-order valence-electron chi connectivity index (χ4n) is 2.00. The van der Waals surface area contributed by atoms with Crippen LogP contribution in [0.4, 0.5) is 0 Å². The number of carboxylic acids is 1. The van der Waals surface area contributed by atoms with Crippen LogP contribution in [0.3, 0.4) is 0 Å². The molecule has 0 aromatic carbocycles. The van der Waals surface area contributed by atoms with E-state index in [1.165, 1.54) is 18.0 Å². The quantitative estimate of drug-likeness (QED) is 0.858. The zero-order valence-corrected chi connectivity index (χ0v) is 12.8. The third-order valence-corrected chi connectivity index (χ3v) is 4.33. The number of pyridine rings is 1. The van der Waals surface area contributed by atoms with Gasteiger partial charge in [0.25, 0.3) is 5.91 Å². The van der Waals surface area contributed by atoms with Gasteiger partial charge in [-0.3, -0.25) is 4.79 Å². The highest BCUT2D eigenvalue weighted by Gasteiger charge is 2.43. The van der Waals surface area contributed by atoms with E-state index >= 15 is 0 Å². The van der Waals surface area contributed by atoms with Gasteiger partial charge in [-0.15, -0.1) is 0 Å². The first-order chi connectivity index (χ1) is 9.93. The molecule has 0 saturated carbocycles. The summed E-state index contributed by atoms with van der Waals surface area (Å²) in [5, 5.41) is 12.0. The number of amides is 1. The monoisotopic (exact) mass is 310 g/mol. The summed E-state index contributed by atoms with van der Waals surface area (Å²) in [5.74, 6) is 0.130. The second-order valence-electron chi connectivity index (χ2n) is 5.20. The number of rotatable bonds is 5. The lowest BCUT2D eigenvalue weighted by molar-refractivity contribution is -0.143. The first-order valence-corrected chi connectivity index (χ1v) is 7.85. The van der Waals surface area contributed by atoms with E-state index in [-0.39, 0.29) is 6.10 Å². The fraction of sp³-hybridized carbons (Fsp3) is 0.500. The second-order valence-corrected chi connectivity index (χ2v) is 6.30. The molecule has 7 heteroatoms. The summed E-state index contributed by atoms with van der Waals surface area (Å²) in [7, 11) is 0. The third kappa shape index (κ3) is 3.66. The second kappa shape index (κ2) is 6.34. The minimum absolute atomic E-state index is 0.00275. The molecule has 1 aliphatic rings. The lowest BCUT2D eigenvalue weighted by Gasteiger charge is -2.24. The van der Waals surface area contributed by atoms with Crippen molar-refractivity contribution in [3.8, 4) is 5.88 Å². The summed E-state index contributed by atoms with van der Waals surface area (Å²) in [6.45, 7) is 3.77. The van der Waals surface area contributed by atoms with Gasteiger partial charge in [-0.25, -0.2) is 9.78 Å². The molecule has 0 aliphatic carbocycles. The Morgan fingerprint density at radius 2 is 2.24 bits per heavy atom. The predicted molar refractivity (Wildman–Crippen MR) is 79.8 cm³/mol. The van der Waals surface area contributed by atoms with Gasteiger partial charge < -0.3 is 15.2 Å². The molecule has 2 rings (SSSR count). The molecule has 0 bridgehead atoms. The van der Waals surface area contributed by atoms with E-state index < -0.39 is 17.4 Å². The Bertz CT molecular complexity index is 524. The maximum Gasteiger partial charge on any atom is 0.330 e. The van der Waals surface area contributed by atoms with Crippen molar-refractivity contribution in [2.75, 3.05) is 11.5 Å². The number of carbonyl (C=O) groups excluding carboxylic acids is 1. The molecule has 2 heterocycles. The number of carboxylic acid groups (broad SMARTS) is 1. The standard InChI is InChI=1S/C14H18N2O4S/c1-9(2)20-11-4-3-10(7-15-11)12(17)16-14(13(18)19)5-6-21-8-14/h3-4,7,9H,5-6,8H2,1-2H3,(H,16,17)(H,18,19). The SMILES string of the molecule is CC(C)Oc1ccc(C(=O)NC2(C(=O)O)CCSC2)cn1. The molecular formula is C14H18N2O4S. The summed E-state index contributed by atoms with van der Waals surface area (Å²) in [6, 6.07) is 3.18. The number of hydrogen-bond acceptors (Lipinski definition) is 5. The number of aromatic nitrogens is 1. The highest BCUT2D eigenvalue weighted by molar-refractivity contribution is 7.99. The van der Waals surface area contributed by atoms with Crippen LogP contribution < -0.4 is 10.1 Å². The molecule has 2 N–H and O–H groups in total. The van der Waals surface area contributed by atoms with E-state index in [4.69, 9.17) is 4.74 Å². The van der Waals surface area contributed by atoms with Crippen LogP contribution in [0.25, 0.3) is 0 Å². The summed E-state index contributed by atoms with van der Waals surface area (Å²) >= 11 is 1.52. The first-order valence-electron chi connectivity index (χ1n) is 6.69. The molecule has 1 aliphatic heterocycles. The largest absolute Gasteiger partial charge is 0.479 e. The molecule has 1 saturated heterocycles. The van der Waals surface area contributed by atoms with Gasteiger partial charge in [-0.05, 0) is 32.1 Å². The van der Waals surface area contributed by atoms with Crippen molar-refractivity contribution >= 4 is 23.6 Å². The number of ether oxygens (including phenoxy) is 1. The van der Waals surface area contributed by atoms with Crippen LogP contribution in [0.5, 0.6) is 5.88 Å². The van der Waals surface area contributed by atoms with E-state index in [0.29, 0.717) is 23.6 Å². The Balaban J connectivity index is 2.07. The van der Waals surface area contributed by atoms with Crippen molar-refractivity contribution in [1.82, 2.24) is 10.3 Å². The highest BCUT2D eigenvalue weighted by Crippen LogP contribution is 2.28. The minimum atomic E-state index is -1.17. The Morgan fingerprint density at radius 3 is 2.71 bits per heavy atom. The fourth-order valence-corrected chi connectivity index (χ4v) is 3.33. The minimum Gasteiger partial charge on any atom is -0.479 e. The Kier molecular flexibility index (Phi) is 4.72. The number of nitrogens with one attached hydrogen (secondary N) is 1. The molecular weight excluding hydrogens is 292 g/mol. The van der Waals surface area contributed by atoms with Crippen molar-refractivity contribution in [2.24, 2.45) is 0 Å². The van der Waals surface area contributed by atoms with Crippen molar-refractivity contribution in [1.29, 1.82) is 0 Å². The third-order valence-electron chi connectivity index (χ3n) is 3.14. The molecule has 1 aromatic heterocycles. The summed E-state index contributed by atoms with van der Waals surface area (Å²) in [4.78, 5) is 27.6. The topological polar surface area (TPSA) is 88.5 Å². The summed E-state index contributed by atoms with van der Waals surface area (Å²) < 4.78 is 5.40. The lowest BCUT2D eigenvalue weighted by atomic mass is 9.98. The van der Waals surface area contributed by atoms with E-state index in [0.717, 1.165) is 5.75 Å². The van der Waals surface area contributed by atoms with Crippen molar-refractivity contribution in [3.63, 3.8) is 0 Å². The van der Waals surface area contributed by atoms with Crippen molar-refractivity contribution < 1.29 is 19.4 Å². The molecule has 21 heavy (non-hydrogen) atoms. The van der Waals surface area contributed by atoms with Crippen LogP contribution in [0.1, 0.15) is 30.6 Å². The number of hydrogen-bond donors (Lipinski definition) is 2. The van der Waals surface area contributed by atoms with Crippen LogP contribution in [0.2, 0.25) is 0 Å². The van der Waals surface area contributed by atoms with Gasteiger partial charge in [-0.2, -0.15) is 11.8 Å². The number of nitrogens with zero attached hydrogens (tertiary/aromatic N) is 1. The maximum atomic E-state index is 12.2. The average molecular weight is 310 g/mol. The number of aliphatic carboxylic acids is 1. The average Bonchev–Trinajstić information content (AvgIpc) is 2.88. The zero-order valence-electron chi connectivity index (χ0n) is 12.0. The normalized spacial score (nSPS) is 21.3. The van der Waals surface area contributed by atoms with Gasteiger partial charge >= 0.3 is 5.97 Å². The van der Waals surface area contributed by atoms with Crippen LogP contribution in [0, 0.1) is 0 Å². The summed E-state index contributed by atoms with van der Waals surface area (Å²) in [5.41, 5.74) is -0.849. The van der Waals surface area contributed by atoms with Gasteiger partial charge in [0.1, 0.15) is 5.54 Å². The van der Waals surface area contributed by atoms with Gasteiger partial charge in [0.15, 0.2) is 0 Å². The van der Waals surface area contributed by atoms with Gasteiger partial charge in [-0.1, -0.05) is 0 Å². The molecule has 1 atom stereocenters. The van der Waals surface area contributed by atoms with Gasteiger partial charge in [0.2, 0.25) is 5.88 Å². The lowest BCUT2D eigenvalue weighted by Crippen LogP contribution is -2.54. The van der Waals surface area contributed by atoms with Crippen LogP contribution in [-0.2, 0) is 4.79 Å². The maximum absolute atomic E-state index is 12.2. The van der Waals surface area contributed by atoms with E-state index in [9.17, 15) is 14.7 Å². The van der Waals surface area contributed by atoms with Crippen LogP contribution >= 0.6 is 11.8 Å². The molecule has 1 aromatic rings. The van der Waals surface area contributed by atoms with Crippen LogP contribution in [0.15, 0.2) is 18.3 Å². The van der Waals surface area contributed by atoms with Crippen molar-refractivity contribution in [3.05, 3.63) is 23.9 Å². The zero-order chi connectivity index (χ0) is 15.5. The Hall–Kier alpha value is -1.76. The number of thioether (sulfide) groups is 1. The molecule has 6 nitrogen and oxygen atoms in total. The molecule has 0 spiro atoms. The van der Waals surface area contributed by atoms with Gasteiger partial charge in [0, 0.05) is 18.0 Å². The molecule has 0 radical (unpaired) electrons. The van der Waals surface area contributed by atoms with E-state index in [1.807, 2.05) is 13.8 Å². The van der Waals surface area contributed by atoms with E-state index in [1.54, 1.807) is 12.1 Å². The molecule has 1 unspecified atom stereocenters. The molecule has 1 fully saturated rings. The molecule has 1 amide bonds. The van der Waals surface area contributed by atoms with Crippen LogP contribution in [-0.4, -0.2) is 45.1 Å². The highest BCUT2D eigenvalue weighted by atomic mass is 32.2. The van der Waals surface area contributed by atoms with E-state index in [2.05, 4.69) is 10.3 Å². The number of carbonyl (C=O) groups is 2. The van der Waals surface area contributed by atoms with Gasteiger partial charge in [0.05, 0.1) is 11.7 Å². The predicted octanol–water partition coefficient (Wildman–Crippen LogP) is 1.56. The Morgan fingerprint density at radius 1 is 1.48 bits per heavy atom. The first kappa shape index (κ1) is 15.6. The summed E-state index contributed by atoms with van der Waals surface area (Å²) in [6.07, 6.45) is 1.83. The molecule has 114 valence electrons. The van der Waals surface area contributed by atoms with Crippen molar-refractivity contribution in [2.45, 2.75) is 31.9 Å². The Labute approximate surface area is 127 Å².